The van der Waals surface area contributed by atoms with E-state index >= 15 is 0 Å². The van der Waals surface area contributed by atoms with E-state index < -0.39 is 58.0 Å². The molecule has 6 aromatic rings. The first-order valence-corrected chi connectivity index (χ1v) is 32.3. The summed E-state index contributed by atoms with van der Waals surface area (Å²) in [6.45, 7) is 3.32. The molecule has 6 spiro atoms. The first-order valence-electron chi connectivity index (χ1n) is 31.5. The minimum Gasteiger partial charge on any atom is -0.497 e. The Morgan fingerprint density at radius 3 is 1.13 bits per heavy atom. The molecule has 0 saturated carbocycles. The van der Waals surface area contributed by atoms with Crippen LogP contribution in [-0.4, -0.2) is 166 Å². The highest BCUT2D eigenvalue weighted by atomic mass is 79.9. The van der Waals surface area contributed by atoms with Gasteiger partial charge in [0.1, 0.15) is 68.8 Å². The molecule has 28 heteroatoms. The number of ether oxygens (including phenoxy) is 9. The van der Waals surface area contributed by atoms with Crippen molar-refractivity contribution in [3.05, 3.63) is 148 Å². The van der Waals surface area contributed by atoms with Crippen LogP contribution in [0.3, 0.4) is 0 Å². The van der Waals surface area contributed by atoms with E-state index in [9.17, 15) is 27.6 Å². The molecule has 6 aromatic carbocycles. The third-order valence-corrected chi connectivity index (χ3v) is 19.5. The number of methoxy groups -OCH3 is 3. The van der Waals surface area contributed by atoms with Crippen molar-refractivity contribution in [2.24, 2.45) is 32.2 Å². The van der Waals surface area contributed by atoms with Crippen molar-refractivity contribution in [2.45, 2.75) is 91.2 Å². The van der Waals surface area contributed by atoms with Gasteiger partial charge in [-0.1, -0.05) is 28.1 Å². The van der Waals surface area contributed by atoms with Crippen LogP contribution in [0.1, 0.15) is 74.5 Å². The molecule has 8 N–H and O–H groups in total. The van der Waals surface area contributed by atoms with Crippen molar-refractivity contribution in [3.8, 4) is 56.8 Å². The van der Waals surface area contributed by atoms with Gasteiger partial charge >= 0.3 is 7.12 Å². The third-order valence-electron chi connectivity index (χ3n) is 19.0. The lowest BCUT2D eigenvalue weighted by Gasteiger charge is -2.46. The quantitative estimate of drug-likeness (QED) is 0.106. The number of likely N-dealkylation sites (N-methyl/N-ethyl adjacent to an activating group) is 3. The van der Waals surface area contributed by atoms with E-state index in [4.69, 9.17) is 69.9 Å². The fraction of sp³-hybridized carbons (Fsp3) is 0.391. The van der Waals surface area contributed by atoms with Gasteiger partial charge in [-0.05, 0) is 145 Å². The second kappa shape index (κ2) is 26.5. The molecule has 3 saturated heterocycles. The van der Waals surface area contributed by atoms with Crippen molar-refractivity contribution >= 4 is 64.1 Å². The number of nitrogens with zero attached hydrogens (tertiary/aromatic N) is 6. The summed E-state index contributed by atoms with van der Waals surface area (Å²) in [5.74, 6) is 1.62. The highest BCUT2D eigenvalue weighted by Crippen LogP contribution is 2.55. The van der Waals surface area contributed by atoms with Gasteiger partial charge in [0, 0.05) is 99.6 Å². The number of aliphatic imine (C=N–C) groups is 3. The smallest absolute Gasteiger partial charge is 0.488 e. The summed E-state index contributed by atoms with van der Waals surface area (Å²) in [7, 11) is 7.59. The predicted molar refractivity (Wildman–Crippen MR) is 356 cm³/mol. The summed E-state index contributed by atoms with van der Waals surface area (Å²) in [5, 5.41) is 17.4. The van der Waals surface area contributed by atoms with Crippen LogP contribution in [0.2, 0.25) is 0 Å². The summed E-state index contributed by atoms with van der Waals surface area (Å²) < 4.78 is 93.1. The Labute approximate surface area is 566 Å². The molecular weight excluding hydrogens is 1330 g/mol. The fourth-order valence-corrected chi connectivity index (χ4v) is 14.7. The molecule has 9 heterocycles. The molecule has 97 heavy (non-hydrogen) atoms. The molecule has 9 aliphatic heterocycles. The molecule has 3 fully saturated rings. The lowest BCUT2D eigenvalue weighted by Crippen LogP contribution is -2.55. The molecule has 2 unspecified atom stereocenters. The van der Waals surface area contributed by atoms with Crippen molar-refractivity contribution < 1.29 is 80.2 Å². The van der Waals surface area contributed by atoms with Crippen LogP contribution in [-0.2, 0) is 45.2 Å². The Balaban J connectivity index is 0.000000129. The van der Waals surface area contributed by atoms with Gasteiger partial charge in [0.2, 0.25) is 0 Å². The molecule has 0 bridgehead atoms. The van der Waals surface area contributed by atoms with Crippen molar-refractivity contribution in [2.75, 3.05) is 82.1 Å². The van der Waals surface area contributed by atoms with E-state index in [2.05, 4.69) is 30.9 Å². The SMILES string of the molecule is CN1C(=O)C2(CC3(CCCOC3)Oc3ccc(Br)cc32)N=C1N.COc1cc(F)cc(-c2ccc3c(c2)[C@]2(C[C@@]4(CCCOC4)O3)N=C(N)N(C)C2=O)c1.COc1cc(F)cc(-c2ccc3c(c2)[C@]2(C[C@]4(CCCOC4)O3)N=C(N)N(C)C2=O)c1.COc1cc(F)cc(B(O)O)c1. The first kappa shape index (κ1) is 68.0. The number of benzene rings is 6. The molecule has 23 nitrogen and oxygen atoms in total. The second-order valence-electron chi connectivity index (χ2n) is 25.6. The topological polar surface area (TPSA) is 300 Å². The zero-order chi connectivity index (χ0) is 69.0. The minimum absolute atomic E-state index is 0.0758. The maximum atomic E-state index is 14.1. The van der Waals surface area contributed by atoms with Gasteiger partial charge in [-0.15, -0.1) is 0 Å². The van der Waals surface area contributed by atoms with Crippen LogP contribution in [0.25, 0.3) is 22.3 Å². The first-order chi connectivity index (χ1) is 46.3. The molecule has 0 aromatic heterocycles. The molecule has 0 radical (unpaired) electrons. The van der Waals surface area contributed by atoms with Gasteiger partial charge in [-0.25, -0.2) is 28.1 Å². The monoisotopic (exact) mass is 1400 g/mol. The Hall–Kier alpha value is -8.93. The Kier molecular flexibility index (Phi) is 18.6. The van der Waals surface area contributed by atoms with Crippen LogP contribution in [0.15, 0.2) is 129 Å². The second-order valence-corrected chi connectivity index (χ2v) is 26.5. The maximum Gasteiger partial charge on any atom is 0.488 e. The summed E-state index contributed by atoms with van der Waals surface area (Å²) in [6, 6.07) is 29.2. The van der Waals surface area contributed by atoms with E-state index in [1.54, 1.807) is 33.3 Å². The average Bonchev–Trinajstić information content (AvgIpc) is 1.68. The largest absolute Gasteiger partial charge is 0.497 e. The standard InChI is InChI=1S/2C23H24FN3O4.C16H18BrN3O3.C7H8BFO3/c2*1-27-20(28)23(26-21(27)25)12-22(6-3-7-30-13-22)31-19-5-4-14(10-18(19)23)15-8-16(24)11-17(9-15)29-2;1-20-13(21)16(19-14(20)18)8-15(5-2-6-22-9-15)23-12-4-3-10(17)7-11(12)16;1-12-7-3-5(8(10)11)2-6(9)4-7/h2*4-5,8-11H,3,6-7,12-13H2,1-2H3,(H2,25,26);3-4,7H,2,5-6,8-9H2,1H3,(H2,18,19);2-4,10-11H,1H3/t22-,23+;22-,23-;;/m10../s1. The number of hydrogen-bond acceptors (Lipinski definition) is 20. The minimum atomic E-state index is -1.67. The van der Waals surface area contributed by atoms with Gasteiger partial charge in [-0.3, -0.25) is 29.1 Å². The van der Waals surface area contributed by atoms with Crippen molar-refractivity contribution in [3.63, 3.8) is 0 Å². The number of fused-ring (bicyclic) bond motifs is 6. The summed E-state index contributed by atoms with van der Waals surface area (Å²) >= 11 is 3.47. The van der Waals surface area contributed by atoms with Crippen LogP contribution in [0.4, 0.5) is 13.2 Å². The van der Waals surface area contributed by atoms with Crippen LogP contribution < -0.4 is 51.1 Å². The molecule has 9 aliphatic rings. The molecule has 510 valence electrons. The highest BCUT2D eigenvalue weighted by molar-refractivity contribution is 9.10. The number of carbonyl (C=O) groups excluding carboxylic acids is 3. The Morgan fingerprint density at radius 1 is 0.474 bits per heavy atom. The van der Waals surface area contributed by atoms with Gasteiger partial charge in [0.05, 0.1) is 41.2 Å². The molecule has 15 rings (SSSR count). The van der Waals surface area contributed by atoms with Gasteiger partial charge in [0.25, 0.3) is 17.7 Å². The van der Waals surface area contributed by atoms with E-state index in [-0.39, 0.29) is 46.8 Å². The van der Waals surface area contributed by atoms with Crippen LogP contribution >= 0.6 is 15.9 Å². The summed E-state index contributed by atoms with van der Waals surface area (Å²) in [4.78, 5) is 58.0. The summed E-state index contributed by atoms with van der Waals surface area (Å²) in [6.07, 6.45) is 6.10. The zero-order valence-corrected chi connectivity index (χ0v) is 55.9. The zero-order valence-electron chi connectivity index (χ0n) is 54.3. The lowest BCUT2D eigenvalue weighted by atomic mass is 9.74. The number of guanidine groups is 3. The summed E-state index contributed by atoms with van der Waals surface area (Å²) in [5.41, 5.74) is 17.7. The predicted octanol–water partition coefficient (Wildman–Crippen LogP) is 6.91. The lowest BCUT2D eigenvalue weighted by molar-refractivity contribution is -0.139. The highest BCUT2D eigenvalue weighted by Gasteiger charge is 2.61. The Morgan fingerprint density at radius 2 is 0.814 bits per heavy atom. The fourth-order valence-electron chi connectivity index (χ4n) is 14.3. The number of halogens is 4. The average molecular weight is 1400 g/mol. The van der Waals surface area contributed by atoms with Crippen LogP contribution in [0.5, 0.6) is 34.5 Å². The molecule has 0 aliphatic carbocycles. The van der Waals surface area contributed by atoms with Crippen molar-refractivity contribution in [1.29, 1.82) is 0 Å². The van der Waals surface area contributed by atoms with E-state index in [1.807, 2.05) is 54.6 Å². The number of hydrogen-bond donors (Lipinski definition) is 5. The van der Waals surface area contributed by atoms with Gasteiger partial charge < -0.3 is 69.9 Å². The number of amides is 3. The maximum absolute atomic E-state index is 14.1. The van der Waals surface area contributed by atoms with E-state index in [1.165, 1.54) is 66.4 Å². The molecule has 3 amide bonds. The van der Waals surface area contributed by atoms with Gasteiger partial charge in [-0.2, -0.15) is 0 Å². The third kappa shape index (κ3) is 12.8. The number of carbonyl (C=O) groups is 3. The van der Waals surface area contributed by atoms with Crippen LogP contribution in [0, 0.1) is 17.5 Å². The number of nitrogens with two attached hydrogens (primary N) is 3. The van der Waals surface area contributed by atoms with Crippen molar-refractivity contribution in [1.82, 2.24) is 14.7 Å². The van der Waals surface area contributed by atoms with Gasteiger partial charge in [0.15, 0.2) is 34.5 Å². The molecular formula is C69H74BBrF3N9O14. The number of rotatable bonds is 6. The Bertz CT molecular complexity index is 4010. The molecule has 6 atom stereocenters. The normalized spacial score (nSPS) is 26.4. The van der Waals surface area contributed by atoms with E-state index in [0.29, 0.717) is 103 Å². The van der Waals surface area contributed by atoms with E-state index in [0.717, 1.165) is 78.4 Å².